The molecule has 1 N–H and O–H groups in total. The molecule has 7 heteroatoms. The normalized spacial score (nSPS) is 10.3. The number of rotatable bonds is 4. The van der Waals surface area contributed by atoms with Crippen molar-refractivity contribution < 1.29 is 13.9 Å². The van der Waals surface area contributed by atoms with E-state index in [4.69, 9.17) is 27.9 Å². The zero-order chi connectivity index (χ0) is 15.4. The number of hydrogen-bond donors (Lipinski definition) is 1. The minimum Gasteiger partial charge on any atom is -0.481 e. The van der Waals surface area contributed by atoms with E-state index in [1.807, 2.05) is 0 Å². The smallest absolute Gasteiger partial charge is 0.263 e. The van der Waals surface area contributed by atoms with Crippen LogP contribution in [0.25, 0.3) is 0 Å². The average molecular weight is 329 g/mol. The van der Waals surface area contributed by atoms with Crippen molar-refractivity contribution in [2.24, 2.45) is 0 Å². The number of aromatic nitrogens is 1. The number of amides is 1. The van der Waals surface area contributed by atoms with Crippen molar-refractivity contribution in [3.05, 3.63) is 51.9 Å². The minimum absolute atomic E-state index is 0.000933. The number of carbonyl (C=O) groups is 1. The van der Waals surface area contributed by atoms with Crippen LogP contribution >= 0.6 is 23.2 Å². The molecule has 110 valence electrons. The molecule has 0 spiro atoms. The highest BCUT2D eigenvalue weighted by Crippen LogP contribution is 2.25. The Hall–Kier alpha value is -1.85. The van der Waals surface area contributed by atoms with Crippen LogP contribution in [0.2, 0.25) is 10.0 Å². The van der Waals surface area contributed by atoms with Crippen molar-refractivity contribution in [1.29, 1.82) is 0 Å². The first-order valence-electron chi connectivity index (χ1n) is 5.97. The monoisotopic (exact) mass is 328 g/mol. The van der Waals surface area contributed by atoms with Crippen molar-refractivity contribution in [1.82, 2.24) is 4.98 Å². The number of hydrogen-bond acceptors (Lipinski definition) is 3. The summed E-state index contributed by atoms with van der Waals surface area (Å²) in [7, 11) is 0. The predicted octanol–water partition coefficient (Wildman–Crippen LogP) is 3.85. The van der Waals surface area contributed by atoms with Crippen LogP contribution in [0.1, 0.15) is 5.69 Å². The summed E-state index contributed by atoms with van der Waals surface area (Å²) in [6, 6.07) is 7.30. The third-order valence-electron chi connectivity index (χ3n) is 2.56. The van der Waals surface area contributed by atoms with Gasteiger partial charge >= 0.3 is 0 Å². The maximum atomic E-state index is 13.3. The van der Waals surface area contributed by atoms with Crippen LogP contribution in [0, 0.1) is 12.7 Å². The van der Waals surface area contributed by atoms with Gasteiger partial charge in [-0.3, -0.25) is 4.79 Å². The van der Waals surface area contributed by atoms with Crippen molar-refractivity contribution in [3.8, 4) is 5.75 Å². The van der Waals surface area contributed by atoms with E-state index in [9.17, 15) is 9.18 Å². The number of aryl methyl sites for hydroxylation is 1. The van der Waals surface area contributed by atoms with Crippen molar-refractivity contribution in [2.45, 2.75) is 6.92 Å². The predicted molar refractivity (Wildman–Crippen MR) is 79.5 cm³/mol. The van der Waals surface area contributed by atoms with Gasteiger partial charge in [-0.25, -0.2) is 9.37 Å². The Morgan fingerprint density at radius 2 is 2.05 bits per heavy atom. The minimum atomic E-state index is -0.538. The molecule has 0 aliphatic heterocycles. The molecule has 1 aromatic carbocycles. The standard InChI is InChI=1S/C14H11Cl2FN2O2/c1-8-9(15)6-10(16)14(18-8)19-13(20)7-21-12-5-3-2-4-11(12)17/h2-6H,7H2,1H3,(H,18,19,20). The molecular weight excluding hydrogens is 318 g/mol. The summed E-state index contributed by atoms with van der Waals surface area (Å²) in [6.45, 7) is 1.32. The number of halogens is 3. The Labute approximate surface area is 130 Å². The van der Waals surface area contributed by atoms with Gasteiger partial charge in [0.15, 0.2) is 24.0 Å². The fraction of sp³-hybridized carbons (Fsp3) is 0.143. The van der Waals surface area contributed by atoms with Gasteiger partial charge in [-0.1, -0.05) is 35.3 Å². The van der Waals surface area contributed by atoms with Gasteiger partial charge in [0.2, 0.25) is 0 Å². The van der Waals surface area contributed by atoms with E-state index in [0.717, 1.165) is 0 Å². The van der Waals surface area contributed by atoms with Gasteiger partial charge in [-0.2, -0.15) is 0 Å². The first-order valence-corrected chi connectivity index (χ1v) is 6.73. The topological polar surface area (TPSA) is 51.2 Å². The SMILES string of the molecule is Cc1nc(NC(=O)COc2ccccc2F)c(Cl)cc1Cl. The summed E-state index contributed by atoms with van der Waals surface area (Å²) in [6.07, 6.45) is 0. The van der Waals surface area contributed by atoms with Crippen molar-refractivity contribution >= 4 is 34.9 Å². The molecule has 0 aliphatic rings. The Kier molecular flexibility index (Phi) is 4.98. The van der Waals surface area contributed by atoms with Gasteiger partial charge in [0.1, 0.15) is 0 Å². The maximum absolute atomic E-state index is 13.3. The number of para-hydroxylation sites is 1. The summed E-state index contributed by atoms with van der Waals surface area (Å²) >= 11 is 11.8. The number of ether oxygens (including phenoxy) is 1. The van der Waals surface area contributed by atoms with Gasteiger partial charge in [0, 0.05) is 0 Å². The zero-order valence-corrected chi connectivity index (χ0v) is 12.5. The molecule has 0 saturated carbocycles. The molecule has 2 aromatic rings. The second-order valence-electron chi connectivity index (χ2n) is 4.15. The molecule has 2 rings (SSSR count). The fourth-order valence-corrected chi connectivity index (χ4v) is 1.93. The lowest BCUT2D eigenvalue weighted by Crippen LogP contribution is -2.21. The molecule has 0 unspecified atom stereocenters. The molecule has 0 aliphatic carbocycles. The molecule has 21 heavy (non-hydrogen) atoms. The summed E-state index contributed by atoms with van der Waals surface area (Å²) in [5.41, 5.74) is 0.534. The van der Waals surface area contributed by atoms with E-state index in [-0.39, 0.29) is 23.2 Å². The summed E-state index contributed by atoms with van der Waals surface area (Å²) < 4.78 is 18.4. The lowest BCUT2D eigenvalue weighted by Gasteiger charge is -2.09. The van der Waals surface area contributed by atoms with E-state index < -0.39 is 11.7 Å². The number of anilines is 1. The van der Waals surface area contributed by atoms with Crippen LogP contribution < -0.4 is 10.1 Å². The third kappa shape index (κ3) is 4.06. The Bertz CT molecular complexity index is 680. The van der Waals surface area contributed by atoms with E-state index in [2.05, 4.69) is 10.3 Å². The quantitative estimate of drug-likeness (QED) is 0.927. The number of pyridine rings is 1. The van der Waals surface area contributed by atoms with Crippen LogP contribution in [0.5, 0.6) is 5.75 Å². The number of benzene rings is 1. The van der Waals surface area contributed by atoms with Gasteiger partial charge in [-0.15, -0.1) is 0 Å². The maximum Gasteiger partial charge on any atom is 0.263 e. The Balaban J connectivity index is 1.99. The molecule has 1 amide bonds. The molecule has 0 atom stereocenters. The van der Waals surface area contributed by atoms with Gasteiger partial charge in [0.05, 0.1) is 15.7 Å². The second kappa shape index (κ2) is 6.74. The van der Waals surface area contributed by atoms with Crippen molar-refractivity contribution in [2.75, 3.05) is 11.9 Å². The highest BCUT2D eigenvalue weighted by Gasteiger charge is 2.11. The fourth-order valence-electron chi connectivity index (χ4n) is 1.52. The summed E-state index contributed by atoms with van der Waals surface area (Å²) in [4.78, 5) is 15.8. The molecule has 0 saturated heterocycles. The number of nitrogens with one attached hydrogen (secondary N) is 1. The zero-order valence-electron chi connectivity index (χ0n) is 11.0. The molecule has 4 nitrogen and oxygen atoms in total. The van der Waals surface area contributed by atoms with E-state index in [1.165, 1.54) is 24.3 Å². The molecule has 1 heterocycles. The van der Waals surface area contributed by atoms with Crippen LogP contribution in [0.15, 0.2) is 30.3 Å². The molecular formula is C14H11Cl2FN2O2. The van der Waals surface area contributed by atoms with E-state index in [1.54, 1.807) is 13.0 Å². The van der Waals surface area contributed by atoms with Crippen LogP contribution in [-0.2, 0) is 4.79 Å². The van der Waals surface area contributed by atoms with E-state index >= 15 is 0 Å². The summed E-state index contributed by atoms with van der Waals surface area (Å²) in [5, 5.41) is 3.10. The summed E-state index contributed by atoms with van der Waals surface area (Å²) in [5.74, 6) is -0.863. The largest absolute Gasteiger partial charge is 0.481 e. The van der Waals surface area contributed by atoms with Gasteiger partial charge in [-0.05, 0) is 25.1 Å². The lowest BCUT2D eigenvalue weighted by molar-refractivity contribution is -0.118. The number of carbonyl (C=O) groups excluding carboxylic acids is 1. The van der Waals surface area contributed by atoms with Crippen LogP contribution in [0.4, 0.5) is 10.2 Å². The Morgan fingerprint density at radius 3 is 2.76 bits per heavy atom. The first kappa shape index (κ1) is 15.5. The Morgan fingerprint density at radius 1 is 1.33 bits per heavy atom. The lowest BCUT2D eigenvalue weighted by atomic mass is 10.3. The molecule has 1 aromatic heterocycles. The van der Waals surface area contributed by atoms with Gasteiger partial charge < -0.3 is 10.1 Å². The average Bonchev–Trinajstić information content (AvgIpc) is 2.44. The molecule has 0 fully saturated rings. The second-order valence-corrected chi connectivity index (χ2v) is 4.97. The third-order valence-corrected chi connectivity index (χ3v) is 3.23. The first-order chi connectivity index (χ1) is 9.97. The molecule has 0 bridgehead atoms. The highest BCUT2D eigenvalue weighted by molar-refractivity contribution is 6.36. The molecule has 0 radical (unpaired) electrons. The van der Waals surface area contributed by atoms with E-state index in [0.29, 0.717) is 10.7 Å². The van der Waals surface area contributed by atoms with Crippen molar-refractivity contribution in [3.63, 3.8) is 0 Å². The number of nitrogens with zero attached hydrogens (tertiary/aromatic N) is 1. The van der Waals surface area contributed by atoms with Crippen LogP contribution in [-0.4, -0.2) is 17.5 Å². The van der Waals surface area contributed by atoms with Gasteiger partial charge in [0.25, 0.3) is 5.91 Å². The van der Waals surface area contributed by atoms with Crippen LogP contribution in [0.3, 0.4) is 0 Å². The highest BCUT2D eigenvalue weighted by atomic mass is 35.5.